The van der Waals surface area contributed by atoms with Crippen LogP contribution in [0.25, 0.3) is 10.9 Å². The van der Waals surface area contributed by atoms with Crippen LogP contribution in [0, 0.1) is 5.82 Å². The van der Waals surface area contributed by atoms with Gasteiger partial charge >= 0.3 is 0 Å². The highest BCUT2D eigenvalue weighted by Gasteiger charge is 2.21. The van der Waals surface area contributed by atoms with E-state index in [4.69, 9.17) is 4.74 Å². The van der Waals surface area contributed by atoms with Gasteiger partial charge in [-0.05, 0) is 48.2 Å². The zero-order valence-corrected chi connectivity index (χ0v) is 18.7. The zero-order chi connectivity index (χ0) is 19.3. The summed E-state index contributed by atoms with van der Waals surface area (Å²) in [6, 6.07) is 13.0. The first-order valence-corrected chi connectivity index (χ1v) is 9.66. The standard InChI is InChI=1S/C22H25FN4O.HI/c1-24-22(27-14-16-9-11-28-21-5-3-2-4-18(16)21)25-10-8-15-13-26-20-7-6-17(23)12-19(15)20;/h2-7,12-13,16,26H,8-11,14H2,1H3,(H2,24,25,27);1H. The lowest BCUT2D eigenvalue weighted by molar-refractivity contribution is 0.267. The van der Waals surface area contributed by atoms with Gasteiger partial charge in [0.1, 0.15) is 11.6 Å². The third-order valence-corrected chi connectivity index (χ3v) is 5.24. The van der Waals surface area contributed by atoms with Crippen LogP contribution in [-0.4, -0.2) is 37.7 Å². The highest BCUT2D eigenvalue weighted by molar-refractivity contribution is 14.0. The van der Waals surface area contributed by atoms with Gasteiger partial charge in [-0.1, -0.05) is 18.2 Å². The van der Waals surface area contributed by atoms with Crippen molar-refractivity contribution in [3.63, 3.8) is 0 Å². The number of halogens is 2. The molecule has 29 heavy (non-hydrogen) atoms. The normalized spacial score (nSPS) is 15.9. The van der Waals surface area contributed by atoms with E-state index in [1.165, 1.54) is 11.6 Å². The van der Waals surface area contributed by atoms with Crippen LogP contribution < -0.4 is 15.4 Å². The van der Waals surface area contributed by atoms with E-state index in [1.54, 1.807) is 19.2 Å². The SMILES string of the molecule is CN=C(NCCc1c[nH]c2ccc(F)cc12)NCC1CCOc2ccccc21.I. The predicted molar refractivity (Wildman–Crippen MR) is 126 cm³/mol. The lowest BCUT2D eigenvalue weighted by Gasteiger charge is -2.26. The summed E-state index contributed by atoms with van der Waals surface area (Å²) in [7, 11) is 1.77. The average molecular weight is 508 g/mol. The Morgan fingerprint density at radius 2 is 2.10 bits per heavy atom. The second-order valence-electron chi connectivity index (χ2n) is 7.01. The number of aromatic nitrogens is 1. The maximum atomic E-state index is 13.5. The van der Waals surface area contributed by atoms with Gasteiger partial charge < -0.3 is 20.4 Å². The Morgan fingerprint density at radius 3 is 2.97 bits per heavy atom. The highest BCUT2D eigenvalue weighted by Crippen LogP contribution is 2.32. The number of nitrogens with one attached hydrogen (secondary N) is 3. The first-order chi connectivity index (χ1) is 13.7. The van der Waals surface area contributed by atoms with E-state index in [9.17, 15) is 4.39 Å². The molecule has 0 saturated heterocycles. The molecule has 1 aliphatic rings. The number of H-pyrrole nitrogens is 1. The minimum absolute atomic E-state index is 0. The Hall–Kier alpha value is -2.29. The van der Waals surface area contributed by atoms with Gasteiger partial charge in [-0.15, -0.1) is 24.0 Å². The van der Waals surface area contributed by atoms with Crippen molar-refractivity contribution in [2.75, 3.05) is 26.7 Å². The van der Waals surface area contributed by atoms with Crippen LogP contribution >= 0.6 is 24.0 Å². The number of ether oxygens (including phenoxy) is 1. The summed E-state index contributed by atoms with van der Waals surface area (Å²) in [5.41, 5.74) is 3.30. The number of hydrogen-bond donors (Lipinski definition) is 3. The number of fused-ring (bicyclic) bond motifs is 2. The fraction of sp³-hybridized carbons (Fsp3) is 0.318. The van der Waals surface area contributed by atoms with Crippen LogP contribution in [0.15, 0.2) is 53.7 Å². The van der Waals surface area contributed by atoms with E-state index in [-0.39, 0.29) is 29.8 Å². The smallest absolute Gasteiger partial charge is 0.191 e. The summed E-state index contributed by atoms with van der Waals surface area (Å²) >= 11 is 0. The molecule has 7 heteroatoms. The third kappa shape index (κ3) is 5.01. The van der Waals surface area contributed by atoms with Gasteiger partial charge in [0.15, 0.2) is 5.96 Å². The molecule has 0 radical (unpaired) electrons. The van der Waals surface area contributed by atoms with Crippen molar-refractivity contribution in [3.8, 4) is 5.75 Å². The van der Waals surface area contributed by atoms with E-state index in [0.717, 1.165) is 54.2 Å². The first kappa shape index (κ1) is 21.4. The third-order valence-electron chi connectivity index (χ3n) is 5.24. The zero-order valence-electron chi connectivity index (χ0n) is 16.4. The van der Waals surface area contributed by atoms with Crippen molar-refractivity contribution in [1.29, 1.82) is 0 Å². The van der Waals surface area contributed by atoms with Gasteiger partial charge in [0.25, 0.3) is 0 Å². The Morgan fingerprint density at radius 1 is 1.24 bits per heavy atom. The topological polar surface area (TPSA) is 61.4 Å². The molecule has 154 valence electrons. The molecule has 0 aliphatic carbocycles. The Balaban J connectivity index is 0.00000240. The van der Waals surface area contributed by atoms with Gasteiger partial charge in [0.2, 0.25) is 0 Å². The molecule has 3 N–H and O–H groups in total. The molecular formula is C22H26FIN4O. The minimum atomic E-state index is -0.212. The van der Waals surface area contributed by atoms with Crippen molar-refractivity contribution < 1.29 is 9.13 Å². The molecule has 2 heterocycles. The fourth-order valence-electron chi connectivity index (χ4n) is 3.74. The summed E-state index contributed by atoms with van der Waals surface area (Å²) in [6.45, 7) is 2.26. The van der Waals surface area contributed by atoms with Crippen LogP contribution in [0.3, 0.4) is 0 Å². The number of aliphatic imine (C=N–C) groups is 1. The molecule has 0 amide bonds. The molecule has 0 saturated carbocycles. The van der Waals surface area contributed by atoms with Crippen LogP contribution in [0.2, 0.25) is 0 Å². The molecule has 2 aromatic carbocycles. The highest BCUT2D eigenvalue weighted by atomic mass is 127. The molecule has 3 aromatic rings. The number of hydrogen-bond acceptors (Lipinski definition) is 2. The van der Waals surface area contributed by atoms with Crippen molar-refractivity contribution in [3.05, 3.63) is 65.6 Å². The van der Waals surface area contributed by atoms with E-state index in [0.29, 0.717) is 12.5 Å². The quantitative estimate of drug-likeness (QED) is 0.275. The van der Waals surface area contributed by atoms with Crippen molar-refractivity contribution >= 4 is 40.8 Å². The maximum absolute atomic E-state index is 13.5. The molecule has 4 rings (SSSR count). The number of guanidine groups is 1. The van der Waals surface area contributed by atoms with Crippen LogP contribution in [0.5, 0.6) is 5.75 Å². The monoisotopic (exact) mass is 508 g/mol. The molecule has 1 aromatic heterocycles. The second kappa shape index (κ2) is 9.96. The summed E-state index contributed by atoms with van der Waals surface area (Å²) in [5.74, 6) is 1.95. The second-order valence-corrected chi connectivity index (χ2v) is 7.01. The average Bonchev–Trinajstić information content (AvgIpc) is 3.12. The van der Waals surface area contributed by atoms with Crippen LogP contribution in [0.4, 0.5) is 4.39 Å². The molecule has 1 aliphatic heterocycles. The predicted octanol–water partition coefficient (Wildman–Crippen LogP) is 4.20. The Labute approximate surface area is 187 Å². The number of rotatable bonds is 5. The van der Waals surface area contributed by atoms with Crippen LogP contribution in [-0.2, 0) is 6.42 Å². The van der Waals surface area contributed by atoms with Crippen molar-refractivity contribution in [2.24, 2.45) is 4.99 Å². The molecule has 0 spiro atoms. The molecular weight excluding hydrogens is 482 g/mol. The summed E-state index contributed by atoms with van der Waals surface area (Å²) in [6.07, 6.45) is 3.72. The minimum Gasteiger partial charge on any atom is -0.493 e. The lowest BCUT2D eigenvalue weighted by atomic mass is 9.93. The lowest BCUT2D eigenvalue weighted by Crippen LogP contribution is -2.40. The van der Waals surface area contributed by atoms with Crippen molar-refractivity contribution in [1.82, 2.24) is 15.6 Å². The number of nitrogens with zero attached hydrogens (tertiary/aromatic N) is 1. The van der Waals surface area contributed by atoms with Crippen molar-refractivity contribution in [2.45, 2.75) is 18.8 Å². The number of para-hydroxylation sites is 1. The molecule has 0 bridgehead atoms. The Bertz CT molecular complexity index is 988. The molecule has 1 unspecified atom stereocenters. The van der Waals surface area contributed by atoms with Gasteiger partial charge in [0, 0.05) is 43.2 Å². The Kier molecular flexibility index (Phi) is 7.35. The van der Waals surface area contributed by atoms with E-state index < -0.39 is 0 Å². The van der Waals surface area contributed by atoms with E-state index in [1.807, 2.05) is 18.3 Å². The van der Waals surface area contributed by atoms with Gasteiger partial charge in [-0.25, -0.2) is 4.39 Å². The maximum Gasteiger partial charge on any atom is 0.191 e. The summed E-state index contributed by atoms with van der Waals surface area (Å²) in [4.78, 5) is 7.51. The molecule has 5 nitrogen and oxygen atoms in total. The van der Waals surface area contributed by atoms with E-state index >= 15 is 0 Å². The van der Waals surface area contributed by atoms with Gasteiger partial charge in [0.05, 0.1) is 6.61 Å². The summed E-state index contributed by atoms with van der Waals surface area (Å²) < 4.78 is 19.2. The first-order valence-electron chi connectivity index (χ1n) is 9.66. The molecule has 1 atom stereocenters. The van der Waals surface area contributed by atoms with E-state index in [2.05, 4.69) is 32.7 Å². The largest absolute Gasteiger partial charge is 0.493 e. The van der Waals surface area contributed by atoms with Gasteiger partial charge in [-0.3, -0.25) is 4.99 Å². The fourth-order valence-corrected chi connectivity index (χ4v) is 3.74. The molecule has 0 fully saturated rings. The number of aromatic amines is 1. The summed E-state index contributed by atoms with van der Waals surface area (Å²) in [5, 5.41) is 7.71. The van der Waals surface area contributed by atoms with Gasteiger partial charge in [-0.2, -0.15) is 0 Å². The van der Waals surface area contributed by atoms with Crippen LogP contribution in [0.1, 0.15) is 23.5 Å². The number of benzene rings is 2.